The quantitative estimate of drug-likeness (QED) is 0.381. The topological polar surface area (TPSA) is 105 Å². The number of benzene rings is 1. The smallest absolute Gasteiger partial charge is 0.354 e. The highest BCUT2D eigenvalue weighted by Crippen LogP contribution is 2.44. The molecule has 9 nitrogen and oxygen atoms in total. The van der Waals surface area contributed by atoms with E-state index in [2.05, 4.69) is 30.7 Å². The lowest BCUT2D eigenvalue weighted by atomic mass is 9.72. The zero-order valence-corrected chi connectivity index (χ0v) is 21.7. The van der Waals surface area contributed by atoms with E-state index in [0.29, 0.717) is 41.2 Å². The largest absolute Gasteiger partial charge is 0.433 e. The summed E-state index contributed by atoms with van der Waals surface area (Å²) in [5, 5.41) is 19.0. The van der Waals surface area contributed by atoms with Gasteiger partial charge in [-0.2, -0.15) is 18.3 Å². The number of amides is 1. The Kier molecular flexibility index (Phi) is 6.37. The second kappa shape index (κ2) is 9.74. The summed E-state index contributed by atoms with van der Waals surface area (Å²) in [4.78, 5) is 17.8. The van der Waals surface area contributed by atoms with Gasteiger partial charge in [0, 0.05) is 37.0 Å². The fourth-order valence-corrected chi connectivity index (χ4v) is 5.73. The van der Waals surface area contributed by atoms with Gasteiger partial charge < -0.3 is 9.88 Å². The van der Waals surface area contributed by atoms with Crippen LogP contribution in [0.3, 0.4) is 0 Å². The lowest BCUT2D eigenvalue weighted by molar-refractivity contribution is -0.141. The number of aromatic nitrogens is 6. The van der Waals surface area contributed by atoms with E-state index in [1.807, 2.05) is 40.8 Å². The lowest BCUT2D eigenvalue weighted by Crippen LogP contribution is -2.48. The van der Waals surface area contributed by atoms with Crippen LogP contribution in [0.15, 0.2) is 36.7 Å². The van der Waals surface area contributed by atoms with Crippen molar-refractivity contribution in [1.29, 1.82) is 0 Å². The molecule has 4 aromatic rings. The third kappa shape index (κ3) is 4.66. The van der Waals surface area contributed by atoms with Crippen molar-refractivity contribution in [1.82, 2.24) is 40.2 Å². The van der Waals surface area contributed by atoms with Crippen LogP contribution in [0.4, 0.5) is 13.2 Å². The fourth-order valence-electron chi connectivity index (χ4n) is 5.73. The molecule has 0 unspecified atom stereocenters. The summed E-state index contributed by atoms with van der Waals surface area (Å²) in [7, 11) is 1.92. The number of nitrogens with zero attached hydrogens (tertiary/aromatic N) is 6. The molecule has 1 saturated carbocycles. The van der Waals surface area contributed by atoms with Gasteiger partial charge in [-0.15, -0.1) is 10.2 Å². The minimum absolute atomic E-state index is 0.0321. The summed E-state index contributed by atoms with van der Waals surface area (Å²) in [6.07, 6.45) is 0.383. The number of carbonyl (C=O) groups excluding carboxylic acids is 1. The second-order valence-electron chi connectivity index (χ2n) is 10.5. The Bertz CT molecular complexity index is 1520. The molecule has 204 valence electrons. The van der Waals surface area contributed by atoms with Gasteiger partial charge in [0.2, 0.25) is 5.91 Å². The van der Waals surface area contributed by atoms with Crippen molar-refractivity contribution >= 4 is 16.8 Å². The molecule has 2 aliphatic rings. The zero-order chi connectivity index (χ0) is 27.3. The molecular formula is C27H29F3N8O. The van der Waals surface area contributed by atoms with Crippen molar-refractivity contribution in [2.24, 2.45) is 13.0 Å². The maximum Gasteiger partial charge on any atom is 0.433 e. The van der Waals surface area contributed by atoms with Gasteiger partial charge in [-0.3, -0.25) is 14.8 Å². The number of pyridine rings is 1. The number of carbonyl (C=O) groups is 1. The van der Waals surface area contributed by atoms with E-state index in [9.17, 15) is 18.0 Å². The van der Waals surface area contributed by atoms with E-state index < -0.39 is 17.9 Å². The second-order valence-corrected chi connectivity index (χ2v) is 10.5. The molecule has 2 fully saturated rings. The minimum Gasteiger partial charge on any atom is -0.354 e. The van der Waals surface area contributed by atoms with Crippen LogP contribution in [0, 0.1) is 5.92 Å². The number of fused-ring (bicyclic) bond motifs is 1. The molecule has 2 N–H and O–H groups in total. The summed E-state index contributed by atoms with van der Waals surface area (Å²) < 4.78 is 44.0. The van der Waals surface area contributed by atoms with Crippen LogP contribution in [-0.4, -0.2) is 60.4 Å². The molecule has 0 spiro atoms. The number of aryl methyl sites for hydroxylation is 1. The van der Waals surface area contributed by atoms with Gasteiger partial charge in [-0.05, 0) is 43.4 Å². The van der Waals surface area contributed by atoms with Gasteiger partial charge >= 0.3 is 6.18 Å². The molecule has 2 atom stereocenters. The van der Waals surface area contributed by atoms with Crippen LogP contribution in [0.1, 0.15) is 60.9 Å². The first-order valence-electron chi connectivity index (χ1n) is 13.1. The summed E-state index contributed by atoms with van der Waals surface area (Å²) in [5.41, 5.74) is 1.84. The standard InChI is InChI=1S/C27H29F3N8O/c1-15(38-10-9-31-21(39)13-38)23-25-19(12-20(33-23)27(28,29)30)24(34-35-25)18-8-4-7-17(11-18)22(16-5-3-6-16)26-36-32-14-37(26)2/h4,7-8,11-12,14-16,22H,3,5-6,9-10,13H2,1-2H3,(H,31,39)(H,34,35)/t15-,22-/m1/s1. The fraction of sp³-hybridized carbons (Fsp3) is 0.444. The van der Waals surface area contributed by atoms with E-state index >= 15 is 0 Å². The Morgan fingerprint density at radius 1 is 1.18 bits per heavy atom. The van der Waals surface area contributed by atoms with E-state index in [4.69, 9.17) is 0 Å². The average Bonchev–Trinajstić information content (AvgIpc) is 3.50. The summed E-state index contributed by atoms with van der Waals surface area (Å²) in [5.74, 6) is 1.16. The lowest BCUT2D eigenvalue weighted by Gasteiger charge is -2.33. The maximum atomic E-state index is 14.0. The number of halogens is 3. The molecular weight excluding hydrogens is 509 g/mol. The molecule has 1 saturated heterocycles. The van der Waals surface area contributed by atoms with Gasteiger partial charge in [-0.25, -0.2) is 4.98 Å². The monoisotopic (exact) mass is 538 g/mol. The number of H-pyrrole nitrogens is 1. The third-order valence-corrected chi connectivity index (χ3v) is 8.05. The first kappa shape index (κ1) is 25.5. The maximum absolute atomic E-state index is 14.0. The summed E-state index contributed by atoms with van der Waals surface area (Å²) >= 11 is 0. The van der Waals surface area contributed by atoms with Gasteiger partial charge in [-0.1, -0.05) is 24.6 Å². The highest BCUT2D eigenvalue weighted by Gasteiger charge is 2.36. The van der Waals surface area contributed by atoms with Crippen LogP contribution in [0.2, 0.25) is 0 Å². The number of hydrogen-bond acceptors (Lipinski definition) is 6. The molecule has 4 heterocycles. The van der Waals surface area contributed by atoms with Crippen molar-refractivity contribution < 1.29 is 18.0 Å². The van der Waals surface area contributed by atoms with Crippen molar-refractivity contribution in [3.63, 3.8) is 0 Å². The summed E-state index contributed by atoms with van der Waals surface area (Å²) in [6, 6.07) is 8.34. The molecule has 6 rings (SSSR count). The van der Waals surface area contributed by atoms with Crippen LogP contribution in [0.25, 0.3) is 22.2 Å². The third-order valence-electron chi connectivity index (χ3n) is 8.05. The first-order chi connectivity index (χ1) is 18.7. The average molecular weight is 539 g/mol. The van der Waals surface area contributed by atoms with E-state index in [1.165, 1.54) is 0 Å². The predicted octanol–water partition coefficient (Wildman–Crippen LogP) is 4.20. The van der Waals surface area contributed by atoms with E-state index in [1.54, 1.807) is 13.3 Å². The highest BCUT2D eigenvalue weighted by atomic mass is 19.4. The van der Waals surface area contributed by atoms with Crippen molar-refractivity contribution in [3.05, 3.63) is 59.4 Å². The Morgan fingerprint density at radius 3 is 2.67 bits per heavy atom. The van der Waals surface area contributed by atoms with E-state index in [-0.39, 0.29) is 24.1 Å². The Hall–Kier alpha value is -3.80. The van der Waals surface area contributed by atoms with Crippen LogP contribution < -0.4 is 5.32 Å². The molecule has 1 amide bonds. The molecule has 0 radical (unpaired) electrons. The molecule has 0 bridgehead atoms. The number of hydrogen-bond donors (Lipinski definition) is 2. The number of alkyl halides is 3. The first-order valence-corrected chi connectivity index (χ1v) is 13.1. The van der Waals surface area contributed by atoms with E-state index in [0.717, 1.165) is 36.7 Å². The van der Waals surface area contributed by atoms with Crippen molar-refractivity contribution in [2.75, 3.05) is 19.6 Å². The normalized spacial score (nSPS) is 18.6. The Balaban J connectivity index is 1.45. The minimum atomic E-state index is -4.64. The Morgan fingerprint density at radius 2 is 2.00 bits per heavy atom. The number of rotatable bonds is 6. The highest BCUT2D eigenvalue weighted by molar-refractivity contribution is 5.94. The van der Waals surface area contributed by atoms with Gasteiger partial charge in [0.15, 0.2) is 0 Å². The number of aromatic amines is 1. The van der Waals surface area contributed by atoms with Crippen LogP contribution in [-0.2, 0) is 18.0 Å². The molecule has 1 aliphatic heterocycles. The molecule has 1 aliphatic carbocycles. The van der Waals surface area contributed by atoms with Crippen molar-refractivity contribution in [2.45, 2.75) is 44.3 Å². The predicted molar refractivity (Wildman–Crippen MR) is 138 cm³/mol. The molecule has 3 aromatic heterocycles. The zero-order valence-electron chi connectivity index (χ0n) is 21.7. The van der Waals surface area contributed by atoms with Gasteiger partial charge in [0.05, 0.1) is 23.8 Å². The molecule has 12 heteroatoms. The molecule has 39 heavy (non-hydrogen) atoms. The number of nitrogens with one attached hydrogen (secondary N) is 2. The van der Waals surface area contributed by atoms with Crippen molar-refractivity contribution in [3.8, 4) is 11.3 Å². The SMILES string of the molecule is C[C@H](c1nc(C(F)(F)F)cc2c(-c3cccc([C@H](c4nncn4C)C4CCC4)c3)n[nH]c12)N1CCNC(=O)C1. The summed E-state index contributed by atoms with van der Waals surface area (Å²) in [6.45, 7) is 2.81. The Labute approximate surface area is 222 Å². The number of piperazine rings is 1. The molecule has 1 aromatic carbocycles. The van der Waals surface area contributed by atoms with Crippen LogP contribution in [0.5, 0.6) is 0 Å². The van der Waals surface area contributed by atoms with Gasteiger partial charge in [0.1, 0.15) is 23.5 Å². The van der Waals surface area contributed by atoms with Gasteiger partial charge in [0.25, 0.3) is 0 Å². The van der Waals surface area contributed by atoms with Crippen LogP contribution >= 0.6 is 0 Å².